The third kappa shape index (κ3) is 3.92. The van der Waals surface area contributed by atoms with E-state index in [2.05, 4.69) is 15.9 Å². The van der Waals surface area contributed by atoms with E-state index in [-0.39, 0.29) is 15.9 Å². The van der Waals surface area contributed by atoms with Crippen molar-refractivity contribution in [2.75, 3.05) is 0 Å². The zero-order valence-electron chi connectivity index (χ0n) is 12.4. The molecule has 2 aromatic rings. The Morgan fingerprint density at radius 1 is 1.16 bits per heavy atom. The maximum Gasteiger partial charge on any atom is 0.293 e. The van der Waals surface area contributed by atoms with E-state index >= 15 is 0 Å². The highest BCUT2D eigenvalue weighted by Crippen LogP contribution is 2.35. The summed E-state index contributed by atoms with van der Waals surface area (Å²) >= 11 is 16.1. The molecule has 2 amide bonds. The Hall–Kier alpha value is -1.34. The second-order valence-electron chi connectivity index (χ2n) is 5.14. The van der Waals surface area contributed by atoms with Crippen molar-refractivity contribution in [2.24, 2.45) is 0 Å². The van der Waals surface area contributed by atoms with Gasteiger partial charge in [0.15, 0.2) is 0 Å². The Morgan fingerprint density at radius 2 is 1.84 bits per heavy atom. The van der Waals surface area contributed by atoms with Crippen LogP contribution in [0.25, 0.3) is 6.08 Å². The molecule has 25 heavy (non-hydrogen) atoms. The van der Waals surface area contributed by atoms with Crippen LogP contribution in [0.1, 0.15) is 11.1 Å². The molecule has 0 bridgehead atoms. The Kier molecular flexibility index (Phi) is 5.53. The lowest BCUT2D eigenvalue weighted by Crippen LogP contribution is -2.27. The van der Waals surface area contributed by atoms with Crippen LogP contribution in [0.15, 0.2) is 45.8 Å². The van der Waals surface area contributed by atoms with Gasteiger partial charge < -0.3 is 0 Å². The minimum atomic E-state index is -0.438. The monoisotopic (exact) mass is 459 g/mol. The number of nitrogens with zero attached hydrogens (tertiary/aromatic N) is 1. The van der Waals surface area contributed by atoms with Gasteiger partial charge >= 0.3 is 0 Å². The van der Waals surface area contributed by atoms with Crippen molar-refractivity contribution < 1.29 is 14.0 Å². The van der Waals surface area contributed by atoms with Gasteiger partial charge in [0.2, 0.25) is 0 Å². The molecule has 0 unspecified atom stereocenters. The standard InChI is InChI=1S/C17H9BrCl2FNO2S/c18-11-6-9(4-5-14(11)21)7-15-16(23)22(17(24)25-15)8-10-12(19)2-1-3-13(10)20/h1-7H,8H2/b15-7-. The molecule has 8 heteroatoms. The number of carbonyl (C=O) groups excluding carboxylic acids is 2. The first kappa shape index (κ1) is 18.5. The average molecular weight is 461 g/mol. The lowest BCUT2D eigenvalue weighted by molar-refractivity contribution is -0.123. The van der Waals surface area contributed by atoms with Crippen molar-refractivity contribution in [1.29, 1.82) is 0 Å². The van der Waals surface area contributed by atoms with Crippen LogP contribution >= 0.6 is 50.9 Å². The SMILES string of the molecule is O=C1S/C(=C\c2ccc(F)c(Br)c2)C(=O)N1Cc1c(Cl)cccc1Cl. The van der Waals surface area contributed by atoms with Gasteiger partial charge in [0.1, 0.15) is 5.82 Å². The van der Waals surface area contributed by atoms with Gasteiger partial charge in [-0.3, -0.25) is 14.5 Å². The predicted octanol–water partition coefficient (Wildman–Crippen LogP) is 6.13. The fraction of sp³-hybridized carbons (Fsp3) is 0.0588. The Labute approximate surface area is 165 Å². The minimum Gasteiger partial charge on any atom is -0.268 e. The molecule has 3 nitrogen and oxygen atoms in total. The summed E-state index contributed by atoms with van der Waals surface area (Å²) in [7, 11) is 0. The highest BCUT2D eigenvalue weighted by Gasteiger charge is 2.35. The molecule has 0 N–H and O–H groups in total. The van der Waals surface area contributed by atoms with E-state index in [4.69, 9.17) is 23.2 Å². The third-order valence-electron chi connectivity index (χ3n) is 3.49. The number of amides is 2. The van der Waals surface area contributed by atoms with Crippen LogP contribution in [0.3, 0.4) is 0 Å². The second-order valence-corrected chi connectivity index (χ2v) is 7.80. The van der Waals surface area contributed by atoms with Crippen LogP contribution in [0, 0.1) is 5.82 Å². The van der Waals surface area contributed by atoms with Crippen LogP contribution in [0.5, 0.6) is 0 Å². The van der Waals surface area contributed by atoms with Crippen molar-refractivity contribution in [3.63, 3.8) is 0 Å². The van der Waals surface area contributed by atoms with Crippen LogP contribution in [0.2, 0.25) is 10.0 Å². The first-order chi connectivity index (χ1) is 11.9. The number of carbonyl (C=O) groups is 2. The Bertz CT molecular complexity index is 899. The summed E-state index contributed by atoms with van der Waals surface area (Å²) in [6.45, 7) is -0.00632. The van der Waals surface area contributed by atoms with Crippen molar-refractivity contribution in [1.82, 2.24) is 4.90 Å². The number of hydrogen-bond acceptors (Lipinski definition) is 3. The molecule has 2 aromatic carbocycles. The summed E-state index contributed by atoms with van der Waals surface area (Å²) in [5.74, 6) is -0.843. The van der Waals surface area contributed by atoms with Gasteiger partial charge in [0.25, 0.3) is 11.1 Å². The topological polar surface area (TPSA) is 37.4 Å². The molecule has 0 radical (unpaired) electrons. The van der Waals surface area contributed by atoms with E-state index in [1.165, 1.54) is 18.2 Å². The molecule has 3 rings (SSSR count). The summed E-state index contributed by atoms with van der Waals surface area (Å²) in [6, 6.07) is 9.33. The summed E-state index contributed by atoms with van der Waals surface area (Å²) in [5, 5.41) is 0.365. The van der Waals surface area contributed by atoms with Gasteiger partial charge in [-0.15, -0.1) is 0 Å². The fourth-order valence-corrected chi connectivity index (χ4v) is 3.98. The van der Waals surface area contributed by atoms with Crippen LogP contribution in [0.4, 0.5) is 9.18 Å². The molecule has 0 aliphatic carbocycles. The molecule has 0 atom stereocenters. The van der Waals surface area contributed by atoms with Crippen molar-refractivity contribution in [2.45, 2.75) is 6.54 Å². The van der Waals surface area contributed by atoms with Gasteiger partial charge in [-0.05, 0) is 63.6 Å². The van der Waals surface area contributed by atoms with Crippen molar-refractivity contribution in [3.8, 4) is 0 Å². The zero-order chi connectivity index (χ0) is 18.1. The molecule has 0 saturated carbocycles. The van der Waals surface area contributed by atoms with Gasteiger partial charge in [-0.25, -0.2) is 4.39 Å². The Balaban J connectivity index is 1.87. The molecule has 1 aliphatic heterocycles. The number of benzene rings is 2. The molecule has 0 spiro atoms. The number of halogens is 4. The summed E-state index contributed by atoms with van der Waals surface area (Å²) in [5.41, 5.74) is 1.12. The molecular formula is C17H9BrCl2FNO2S. The van der Waals surface area contributed by atoms with Crippen LogP contribution in [-0.2, 0) is 11.3 Å². The zero-order valence-corrected chi connectivity index (χ0v) is 16.3. The highest BCUT2D eigenvalue weighted by atomic mass is 79.9. The van der Waals surface area contributed by atoms with Crippen molar-refractivity contribution >= 4 is 68.1 Å². The van der Waals surface area contributed by atoms with E-state index in [1.54, 1.807) is 24.3 Å². The summed E-state index contributed by atoms with van der Waals surface area (Å²) in [4.78, 5) is 26.1. The van der Waals surface area contributed by atoms with Gasteiger partial charge in [-0.2, -0.15) is 0 Å². The first-order valence-corrected chi connectivity index (χ1v) is 9.36. The van der Waals surface area contributed by atoms with Gasteiger partial charge in [0.05, 0.1) is 15.9 Å². The number of hydrogen-bond donors (Lipinski definition) is 0. The number of thioether (sulfide) groups is 1. The fourth-order valence-electron chi connectivity index (χ4n) is 2.23. The van der Waals surface area contributed by atoms with Gasteiger partial charge in [0, 0.05) is 15.6 Å². The molecular weight excluding hydrogens is 452 g/mol. The lowest BCUT2D eigenvalue weighted by atomic mass is 10.2. The summed E-state index contributed by atoms with van der Waals surface area (Å²) < 4.78 is 13.6. The smallest absolute Gasteiger partial charge is 0.268 e. The van der Waals surface area contributed by atoms with E-state index in [0.29, 0.717) is 21.2 Å². The van der Waals surface area contributed by atoms with E-state index in [1.807, 2.05) is 0 Å². The first-order valence-electron chi connectivity index (χ1n) is 7.00. The van der Waals surface area contributed by atoms with E-state index < -0.39 is 17.0 Å². The lowest BCUT2D eigenvalue weighted by Gasteiger charge is -2.14. The minimum absolute atomic E-state index is 0.00632. The second kappa shape index (κ2) is 7.50. The predicted molar refractivity (Wildman–Crippen MR) is 102 cm³/mol. The third-order valence-corrected chi connectivity index (χ3v) is 5.72. The molecule has 1 saturated heterocycles. The number of rotatable bonds is 3. The molecule has 1 aliphatic rings. The molecule has 1 heterocycles. The van der Waals surface area contributed by atoms with Gasteiger partial charge in [-0.1, -0.05) is 35.3 Å². The quantitative estimate of drug-likeness (QED) is 0.517. The maximum atomic E-state index is 13.3. The molecule has 1 fully saturated rings. The molecule has 128 valence electrons. The van der Waals surface area contributed by atoms with Crippen LogP contribution < -0.4 is 0 Å². The Morgan fingerprint density at radius 3 is 2.48 bits per heavy atom. The normalized spacial score (nSPS) is 16.2. The van der Waals surface area contributed by atoms with E-state index in [9.17, 15) is 14.0 Å². The van der Waals surface area contributed by atoms with E-state index in [0.717, 1.165) is 16.7 Å². The highest BCUT2D eigenvalue weighted by molar-refractivity contribution is 9.10. The maximum absolute atomic E-state index is 13.3. The van der Waals surface area contributed by atoms with Crippen molar-refractivity contribution in [3.05, 3.63) is 72.8 Å². The average Bonchev–Trinajstić information content (AvgIpc) is 2.81. The summed E-state index contributed by atoms with van der Waals surface area (Å²) in [6.07, 6.45) is 1.54. The van der Waals surface area contributed by atoms with Crippen LogP contribution in [-0.4, -0.2) is 16.0 Å². The largest absolute Gasteiger partial charge is 0.293 e. The number of imide groups is 1. The molecule has 0 aromatic heterocycles.